The minimum Gasteiger partial charge on any atom is -0.465 e. The Balaban J connectivity index is 2.04. The number of allylic oxidation sites excluding steroid dienone is 2. The van der Waals surface area contributed by atoms with Crippen LogP contribution in [0.1, 0.15) is 11.1 Å². The second-order valence-corrected chi connectivity index (χ2v) is 4.70. The Morgan fingerprint density at radius 3 is 1.63 bits per heavy atom. The Bertz CT molecular complexity index is 636. The van der Waals surface area contributed by atoms with Crippen molar-refractivity contribution < 1.29 is 9.47 Å². The van der Waals surface area contributed by atoms with E-state index in [9.17, 15) is 0 Å². The molecule has 19 heavy (non-hydrogen) atoms. The molecule has 0 amide bonds. The highest BCUT2D eigenvalue weighted by Crippen LogP contribution is 2.47. The zero-order chi connectivity index (χ0) is 12.7. The quantitative estimate of drug-likeness (QED) is 0.706. The average Bonchev–Trinajstić information content (AvgIpc) is 2.48. The number of hydrogen-bond donors (Lipinski definition) is 0. The minimum absolute atomic E-state index is 0.288. The van der Waals surface area contributed by atoms with Gasteiger partial charge in [-0.05, 0) is 24.3 Å². The van der Waals surface area contributed by atoms with E-state index < -0.39 is 0 Å². The Kier molecular flexibility index (Phi) is 2.06. The molecule has 2 heteroatoms. The average molecular weight is 248 g/mol. The molecule has 92 valence electrons. The van der Waals surface area contributed by atoms with Crippen molar-refractivity contribution in [2.75, 3.05) is 0 Å². The topological polar surface area (TPSA) is 18.5 Å². The molecule has 0 fully saturated rings. The molecule has 0 unspecified atom stereocenters. The molecule has 0 aliphatic carbocycles. The fraction of sp³-hybridized carbons (Fsp3) is 0.0588. The minimum atomic E-state index is -0.288. The van der Waals surface area contributed by atoms with Crippen molar-refractivity contribution in [1.82, 2.24) is 0 Å². The molecular weight excluding hydrogens is 236 g/mol. The highest BCUT2D eigenvalue weighted by Gasteiger charge is 2.38. The maximum atomic E-state index is 5.61. The van der Waals surface area contributed by atoms with Gasteiger partial charge in [-0.3, -0.25) is 0 Å². The molecule has 4 rings (SSSR count). The van der Waals surface area contributed by atoms with Crippen molar-refractivity contribution in [3.8, 4) is 11.5 Å². The van der Waals surface area contributed by atoms with Crippen LogP contribution < -0.4 is 9.47 Å². The van der Waals surface area contributed by atoms with Crippen molar-refractivity contribution >= 4 is 0 Å². The second kappa shape index (κ2) is 3.75. The summed E-state index contributed by atoms with van der Waals surface area (Å²) in [6.45, 7) is 0. The summed E-state index contributed by atoms with van der Waals surface area (Å²) in [5, 5.41) is 0. The first kappa shape index (κ1) is 10.4. The van der Waals surface area contributed by atoms with Gasteiger partial charge in [0.2, 0.25) is 0 Å². The van der Waals surface area contributed by atoms with Crippen molar-refractivity contribution in [1.29, 1.82) is 0 Å². The highest BCUT2D eigenvalue weighted by molar-refractivity contribution is 5.61. The lowest BCUT2D eigenvalue weighted by molar-refractivity contribution is 0.417. The Morgan fingerprint density at radius 2 is 1.11 bits per heavy atom. The van der Waals surface area contributed by atoms with Crippen LogP contribution in [0.15, 0.2) is 73.2 Å². The molecule has 0 radical (unpaired) electrons. The molecule has 0 saturated carbocycles. The van der Waals surface area contributed by atoms with Gasteiger partial charge in [-0.1, -0.05) is 36.4 Å². The van der Waals surface area contributed by atoms with E-state index in [0.29, 0.717) is 0 Å². The van der Waals surface area contributed by atoms with Gasteiger partial charge in [0.25, 0.3) is 0 Å². The molecule has 2 aliphatic rings. The summed E-state index contributed by atoms with van der Waals surface area (Å²) in [5.74, 6) is 1.79. The highest BCUT2D eigenvalue weighted by atomic mass is 16.5. The molecule has 2 nitrogen and oxygen atoms in total. The van der Waals surface area contributed by atoms with Crippen LogP contribution in [0.25, 0.3) is 0 Å². The third kappa shape index (κ3) is 1.37. The van der Waals surface area contributed by atoms with Crippen LogP contribution in [0.2, 0.25) is 0 Å². The predicted octanol–water partition coefficient (Wildman–Crippen LogP) is 3.78. The van der Waals surface area contributed by atoms with E-state index in [4.69, 9.17) is 9.47 Å². The maximum Gasteiger partial charge on any atom is 0.131 e. The zero-order valence-electron chi connectivity index (χ0n) is 10.2. The zero-order valence-corrected chi connectivity index (χ0v) is 10.2. The van der Waals surface area contributed by atoms with Gasteiger partial charge in [-0.2, -0.15) is 0 Å². The van der Waals surface area contributed by atoms with Gasteiger partial charge >= 0.3 is 0 Å². The standard InChI is InChI=1S/C17H12O2/c1-3-7-15-13(5-1)17(9-11-18-15)10-12-19-16-8-4-2-6-14(16)17/h1-12H. The van der Waals surface area contributed by atoms with Crippen LogP contribution >= 0.6 is 0 Å². The van der Waals surface area contributed by atoms with Crippen molar-refractivity contribution in [3.05, 3.63) is 84.3 Å². The van der Waals surface area contributed by atoms with E-state index in [1.807, 2.05) is 36.4 Å². The Morgan fingerprint density at radius 1 is 0.632 bits per heavy atom. The monoisotopic (exact) mass is 248 g/mol. The maximum absolute atomic E-state index is 5.61. The summed E-state index contributed by atoms with van der Waals surface area (Å²) < 4.78 is 11.2. The number of rotatable bonds is 0. The van der Waals surface area contributed by atoms with Gasteiger partial charge in [0.15, 0.2) is 0 Å². The van der Waals surface area contributed by atoms with E-state index in [2.05, 4.69) is 24.3 Å². The van der Waals surface area contributed by atoms with Gasteiger partial charge in [0.05, 0.1) is 17.9 Å². The van der Waals surface area contributed by atoms with E-state index in [1.165, 1.54) is 0 Å². The van der Waals surface area contributed by atoms with Gasteiger partial charge in [0, 0.05) is 11.1 Å². The Labute approximate surface area is 111 Å². The molecule has 2 heterocycles. The fourth-order valence-corrected chi connectivity index (χ4v) is 2.81. The molecule has 0 N–H and O–H groups in total. The van der Waals surface area contributed by atoms with Crippen molar-refractivity contribution in [3.63, 3.8) is 0 Å². The van der Waals surface area contributed by atoms with Gasteiger partial charge in [-0.25, -0.2) is 0 Å². The number of para-hydroxylation sites is 2. The van der Waals surface area contributed by atoms with E-state index in [-0.39, 0.29) is 5.41 Å². The molecule has 0 atom stereocenters. The van der Waals surface area contributed by atoms with Gasteiger partial charge < -0.3 is 9.47 Å². The van der Waals surface area contributed by atoms with E-state index in [1.54, 1.807) is 12.5 Å². The number of hydrogen-bond acceptors (Lipinski definition) is 2. The van der Waals surface area contributed by atoms with Gasteiger partial charge in [-0.15, -0.1) is 0 Å². The van der Waals surface area contributed by atoms with Crippen LogP contribution in [0.5, 0.6) is 11.5 Å². The molecule has 0 aromatic heterocycles. The SMILES string of the molecule is C1=CC2(C=COc3ccccc32)c2ccccc2O1. The first-order valence-electron chi connectivity index (χ1n) is 6.28. The third-order valence-corrected chi connectivity index (χ3v) is 3.72. The van der Waals surface area contributed by atoms with E-state index >= 15 is 0 Å². The molecule has 2 aliphatic heterocycles. The van der Waals surface area contributed by atoms with Crippen LogP contribution in [-0.2, 0) is 5.41 Å². The smallest absolute Gasteiger partial charge is 0.131 e. The largest absolute Gasteiger partial charge is 0.465 e. The lowest BCUT2D eigenvalue weighted by atomic mass is 9.72. The van der Waals surface area contributed by atoms with E-state index in [0.717, 1.165) is 22.6 Å². The van der Waals surface area contributed by atoms with Crippen LogP contribution in [0.4, 0.5) is 0 Å². The summed E-state index contributed by atoms with van der Waals surface area (Å²) in [7, 11) is 0. The third-order valence-electron chi connectivity index (χ3n) is 3.72. The summed E-state index contributed by atoms with van der Waals surface area (Å²) in [4.78, 5) is 0. The first-order valence-corrected chi connectivity index (χ1v) is 6.28. The molecule has 1 spiro atoms. The van der Waals surface area contributed by atoms with Crippen LogP contribution in [0.3, 0.4) is 0 Å². The molecule has 0 bridgehead atoms. The second-order valence-electron chi connectivity index (χ2n) is 4.70. The normalized spacial score (nSPS) is 17.3. The predicted molar refractivity (Wildman–Crippen MR) is 73.2 cm³/mol. The van der Waals surface area contributed by atoms with Crippen LogP contribution in [-0.4, -0.2) is 0 Å². The summed E-state index contributed by atoms with van der Waals surface area (Å²) in [6, 6.07) is 16.2. The fourth-order valence-electron chi connectivity index (χ4n) is 2.81. The number of benzene rings is 2. The first-order chi connectivity index (χ1) is 9.40. The van der Waals surface area contributed by atoms with Crippen molar-refractivity contribution in [2.45, 2.75) is 5.41 Å². The summed E-state index contributed by atoms with van der Waals surface area (Å²) in [5.41, 5.74) is 2.00. The number of ether oxygens (including phenoxy) is 2. The van der Waals surface area contributed by atoms with Crippen molar-refractivity contribution in [2.24, 2.45) is 0 Å². The molecule has 2 aromatic rings. The molecule has 0 saturated heterocycles. The van der Waals surface area contributed by atoms with Gasteiger partial charge in [0.1, 0.15) is 11.5 Å². The lowest BCUT2D eigenvalue weighted by Crippen LogP contribution is -2.28. The molecule has 2 aromatic carbocycles. The lowest BCUT2D eigenvalue weighted by Gasteiger charge is -2.35. The number of fused-ring (bicyclic) bond motifs is 4. The van der Waals surface area contributed by atoms with Crippen LogP contribution in [0, 0.1) is 0 Å². The summed E-state index contributed by atoms with van der Waals surface area (Å²) in [6.07, 6.45) is 7.67. The summed E-state index contributed by atoms with van der Waals surface area (Å²) >= 11 is 0. The Hall–Kier alpha value is -2.48. The molecular formula is C17H12O2.